The van der Waals surface area contributed by atoms with Crippen molar-refractivity contribution in [3.63, 3.8) is 0 Å². The molecule has 2 aliphatic heterocycles. The zero-order chi connectivity index (χ0) is 57.1. The summed E-state index contributed by atoms with van der Waals surface area (Å²) >= 11 is 2.58. The summed E-state index contributed by atoms with van der Waals surface area (Å²) in [5.74, 6) is -3.17. The van der Waals surface area contributed by atoms with Crippen LogP contribution in [0.3, 0.4) is 0 Å². The van der Waals surface area contributed by atoms with Gasteiger partial charge in [0.05, 0.1) is 7.05 Å². The number of nitrogens with zero attached hydrogens (tertiary/aromatic N) is 5. The molecular formula is C63H60N7O9S2+. The number of esters is 2. The Labute approximate surface area is 477 Å². The number of hydrogen-bond acceptors (Lipinski definition) is 14. The number of oxime groups is 1. The van der Waals surface area contributed by atoms with E-state index in [1.54, 1.807) is 32.2 Å². The Bertz CT molecular complexity index is 3580. The molecule has 2 atom stereocenters. The molecule has 10 rings (SSSR count). The van der Waals surface area contributed by atoms with Gasteiger partial charge in [0.1, 0.15) is 40.5 Å². The Morgan fingerprint density at radius 1 is 0.802 bits per heavy atom. The molecule has 6 aromatic carbocycles. The second kappa shape index (κ2) is 23.0. The van der Waals surface area contributed by atoms with Crippen molar-refractivity contribution < 1.29 is 48.3 Å². The van der Waals surface area contributed by atoms with Gasteiger partial charge >= 0.3 is 11.9 Å². The summed E-state index contributed by atoms with van der Waals surface area (Å²) in [7, 11) is 1.82. The average Bonchev–Trinajstić information content (AvgIpc) is 4.23. The van der Waals surface area contributed by atoms with E-state index < -0.39 is 58.0 Å². The lowest BCUT2D eigenvalue weighted by atomic mass is 9.77. The highest BCUT2D eigenvalue weighted by Gasteiger charge is 2.55. The number of fused-ring (bicyclic) bond motifs is 2. The standard InChI is InChI=1S/C63H59N7O9S2/c1-61(2,3)78-59(76)62(4,5)79-67-51(46-38-81-60(64-46)66-63(43-28-16-9-17-29-43,44-30-18-10-19-31-44)45-32-20-11-21-33-45)55(73)65-52-56(74)70-53(58(75)77-54(40-23-12-7-13-24-40)41-25-14-8-15-26-41)42(37-80-57(52)70)27-22-34-69-39-68(6)47-35-49(71)50(72)36-48(47)69/h7-33,35-36,38-39,52,54,57H,34,37H2,1-6H3,(H3-,64,65,66,67,71,72,73)/p+1/b27-22+. The molecule has 0 aliphatic carbocycles. The van der Waals surface area contributed by atoms with Crippen molar-refractivity contribution in [2.75, 3.05) is 11.1 Å². The molecule has 8 aromatic rings. The fourth-order valence-corrected chi connectivity index (χ4v) is 11.8. The summed E-state index contributed by atoms with van der Waals surface area (Å²) in [6, 6.07) is 50.3. The molecule has 2 aromatic heterocycles. The first-order chi connectivity index (χ1) is 38.9. The highest BCUT2D eigenvalue weighted by molar-refractivity contribution is 8.00. The van der Waals surface area contributed by atoms with Gasteiger partial charge in [0.15, 0.2) is 39.5 Å². The summed E-state index contributed by atoms with van der Waals surface area (Å²) in [5.41, 5.74) is 2.29. The molecule has 4 heterocycles. The molecule has 81 heavy (non-hydrogen) atoms. The predicted octanol–water partition coefficient (Wildman–Crippen LogP) is 9.82. The number of anilines is 1. The van der Waals surface area contributed by atoms with E-state index in [1.807, 2.05) is 180 Å². The minimum Gasteiger partial charge on any atom is -0.504 e. The number of phenols is 2. The van der Waals surface area contributed by atoms with E-state index >= 15 is 0 Å². The van der Waals surface area contributed by atoms with Crippen LogP contribution in [0.1, 0.15) is 74.2 Å². The molecule has 4 N–H and O–H groups in total. The van der Waals surface area contributed by atoms with Gasteiger partial charge in [-0.15, -0.1) is 23.1 Å². The number of allylic oxidation sites excluding steroid dienone is 2. The molecule has 1 fully saturated rings. The van der Waals surface area contributed by atoms with Crippen LogP contribution in [-0.2, 0) is 52.6 Å². The third-order valence-electron chi connectivity index (χ3n) is 13.7. The molecule has 0 radical (unpaired) electrons. The van der Waals surface area contributed by atoms with E-state index in [4.69, 9.17) is 19.3 Å². The first kappa shape index (κ1) is 55.3. The van der Waals surface area contributed by atoms with Crippen LogP contribution in [0.4, 0.5) is 5.13 Å². The van der Waals surface area contributed by atoms with E-state index in [1.165, 1.54) is 54.0 Å². The van der Waals surface area contributed by atoms with Crippen LogP contribution in [0, 0.1) is 0 Å². The fraction of sp³-hybridized carbons (Fsp3) is 0.222. The number of carbonyl (C=O) groups is 4. The van der Waals surface area contributed by atoms with Crippen LogP contribution in [0.15, 0.2) is 204 Å². The molecule has 2 aliphatic rings. The summed E-state index contributed by atoms with van der Waals surface area (Å²) < 4.78 is 15.8. The quantitative estimate of drug-likeness (QED) is 0.0121. The smallest absolute Gasteiger partial charge is 0.356 e. The molecule has 2 unspecified atom stereocenters. The number of rotatable bonds is 18. The number of aromatic hydroxyl groups is 2. The monoisotopic (exact) mass is 1120 g/mol. The van der Waals surface area contributed by atoms with Crippen LogP contribution < -0.4 is 15.2 Å². The van der Waals surface area contributed by atoms with Gasteiger partial charge < -0.3 is 35.2 Å². The Hall–Kier alpha value is -9.00. The molecule has 0 bridgehead atoms. The van der Waals surface area contributed by atoms with Crippen molar-refractivity contribution in [3.8, 4) is 11.5 Å². The van der Waals surface area contributed by atoms with Crippen LogP contribution >= 0.6 is 23.1 Å². The van der Waals surface area contributed by atoms with Crippen LogP contribution in [0.5, 0.6) is 11.5 Å². The number of amides is 2. The SMILES string of the molecule is C[n+]1cn(C/C=C/C2=C(C(=O)OC(c3ccccc3)c3ccccc3)N3C(=O)C(NC(=O)/C(=N\OC(C)(C)C(=O)OC(C)(C)C)c4csc(NC(c5ccccc5)(c5ccccc5)c5ccccc5)n4)C3SC2)c2cc(O)c(O)cc21. The second-order valence-corrected chi connectivity index (χ2v) is 23.0. The van der Waals surface area contributed by atoms with Gasteiger partial charge in [-0.1, -0.05) is 163 Å². The van der Waals surface area contributed by atoms with Crippen molar-refractivity contribution in [1.82, 2.24) is 19.8 Å². The summed E-state index contributed by atoms with van der Waals surface area (Å²) in [4.78, 5) is 70.5. The fourth-order valence-electron chi connectivity index (χ4n) is 9.76. The zero-order valence-corrected chi connectivity index (χ0v) is 47.0. The topological polar surface area (TPSA) is 198 Å². The number of hydrogen-bond donors (Lipinski definition) is 4. The highest BCUT2D eigenvalue weighted by Crippen LogP contribution is 2.44. The third-order valence-corrected chi connectivity index (χ3v) is 15.8. The van der Waals surface area contributed by atoms with Crippen molar-refractivity contribution in [2.45, 2.75) is 75.4 Å². The van der Waals surface area contributed by atoms with Crippen LogP contribution in [-0.4, -0.2) is 82.5 Å². The van der Waals surface area contributed by atoms with Crippen molar-refractivity contribution in [2.24, 2.45) is 12.2 Å². The second-order valence-electron chi connectivity index (χ2n) is 21.0. The minimum atomic E-state index is -1.68. The number of β-lactam (4-membered cyclic amide) rings is 1. The lowest BCUT2D eigenvalue weighted by molar-refractivity contribution is -0.645. The average molecular weight is 1120 g/mol. The Balaban J connectivity index is 0.986. The van der Waals surface area contributed by atoms with Gasteiger partial charge in [-0.25, -0.2) is 23.7 Å². The summed E-state index contributed by atoms with van der Waals surface area (Å²) in [6.45, 7) is 8.43. The van der Waals surface area contributed by atoms with Crippen LogP contribution in [0.25, 0.3) is 11.0 Å². The first-order valence-corrected chi connectivity index (χ1v) is 28.1. The van der Waals surface area contributed by atoms with E-state index in [0.29, 0.717) is 39.4 Å². The summed E-state index contributed by atoms with van der Waals surface area (Å²) in [5, 5.41) is 32.8. The molecule has 0 saturated carbocycles. The van der Waals surface area contributed by atoms with Crippen molar-refractivity contribution in [3.05, 3.63) is 232 Å². The van der Waals surface area contributed by atoms with Gasteiger partial charge in [-0.2, -0.15) is 0 Å². The van der Waals surface area contributed by atoms with Crippen molar-refractivity contribution in [1.29, 1.82) is 0 Å². The first-order valence-electron chi connectivity index (χ1n) is 26.2. The lowest BCUT2D eigenvalue weighted by Crippen LogP contribution is -2.71. The molecule has 1 saturated heterocycles. The van der Waals surface area contributed by atoms with Gasteiger partial charge in [0.2, 0.25) is 11.9 Å². The predicted molar refractivity (Wildman–Crippen MR) is 311 cm³/mol. The minimum absolute atomic E-state index is 0.0122. The number of thiazole rings is 1. The Morgan fingerprint density at radius 2 is 1.35 bits per heavy atom. The lowest BCUT2D eigenvalue weighted by Gasteiger charge is -2.49. The molecule has 412 valence electrons. The maximum absolute atomic E-state index is 15.0. The van der Waals surface area contributed by atoms with E-state index in [9.17, 15) is 29.4 Å². The number of benzene rings is 6. The van der Waals surface area contributed by atoms with E-state index in [2.05, 4.69) is 15.8 Å². The molecule has 2 amide bonds. The van der Waals surface area contributed by atoms with Gasteiger partial charge in [0.25, 0.3) is 11.8 Å². The van der Waals surface area contributed by atoms with E-state index in [0.717, 1.165) is 16.7 Å². The van der Waals surface area contributed by atoms with Gasteiger partial charge in [-0.05, 0) is 74.1 Å². The van der Waals surface area contributed by atoms with Crippen LogP contribution in [0.2, 0.25) is 0 Å². The number of carbonyl (C=O) groups excluding carboxylic acids is 4. The van der Waals surface area contributed by atoms with Gasteiger partial charge in [0, 0.05) is 23.3 Å². The molecule has 16 nitrogen and oxygen atoms in total. The number of aromatic nitrogens is 3. The normalized spacial score (nSPS) is 15.8. The number of ether oxygens (including phenoxy) is 2. The maximum Gasteiger partial charge on any atom is 0.356 e. The maximum atomic E-state index is 15.0. The number of imidazole rings is 1. The molecular weight excluding hydrogens is 1060 g/mol. The Kier molecular flexibility index (Phi) is 15.7. The third kappa shape index (κ3) is 11.6. The molecule has 18 heteroatoms. The number of thioether (sulfide) groups is 1. The largest absolute Gasteiger partial charge is 0.504 e. The van der Waals surface area contributed by atoms with Gasteiger partial charge in [-0.3, -0.25) is 14.5 Å². The zero-order valence-electron chi connectivity index (χ0n) is 45.3. The Morgan fingerprint density at radius 3 is 1.90 bits per heavy atom. The number of phenolic OH excluding ortho intramolecular Hbond substituents is 2. The highest BCUT2D eigenvalue weighted by atomic mass is 32.2. The van der Waals surface area contributed by atoms with E-state index in [-0.39, 0.29) is 34.4 Å². The molecule has 0 spiro atoms. The number of nitrogens with one attached hydrogen (secondary N) is 2. The van der Waals surface area contributed by atoms with Crippen molar-refractivity contribution >= 4 is 68.7 Å². The summed E-state index contributed by atoms with van der Waals surface area (Å²) in [6.07, 6.45) is 4.59. The number of aryl methyl sites for hydroxylation is 1.